The van der Waals surface area contributed by atoms with Crippen molar-refractivity contribution in [2.24, 2.45) is 0 Å². The minimum absolute atomic E-state index is 0.190. The first-order valence-corrected chi connectivity index (χ1v) is 7.16. The number of halogens is 1. The quantitative estimate of drug-likeness (QED) is 0.674. The molecule has 2 heterocycles. The van der Waals surface area contributed by atoms with E-state index >= 15 is 0 Å². The molecule has 20 heavy (non-hydrogen) atoms. The smallest absolute Gasteiger partial charge is 0.251 e. The van der Waals surface area contributed by atoms with Gasteiger partial charge in [-0.1, -0.05) is 24.9 Å². The molecule has 0 fully saturated rings. The van der Waals surface area contributed by atoms with Crippen LogP contribution in [-0.4, -0.2) is 27.0 Å². The highest BCUT2D eigenvalue weighted by molar-refractivity contribution is 7.99. The van der Waals surface area contributed by atoms with Crippen LogP contribution in [0.4, 0.5) is 0 Å². The van der Waals surface area contributed by atoms with Crippen LogP contribution in [0.1, 0.15) is 19.0 Å². The predicted molar refractivity (Wildman–Crippen MR) is 76.6 cm³/mol. The zero-order valence-corrected chi connectivity index (χ0v) is 12.6. The fourth-order valence-corrected chi connectivity index (χ4v) is 2.73. The van der Waals surface area contributed by atoms with Gasteiger partial charge < -0.3 is 9.72 Å². The van der Waals surface area contributed by atoms with Crippen LogP contribution in [0.3, 0.4) is 0 Å². The van der Waals surface area contributed by atoms with Gasteiger partial charge in [-0.15, -0.1) is 0 Å². The van der Waals surface area contributed by atoms with Crippen LogP contribution in [0.5, 0.6) is 5.75 Å². The molecule has 0 saturated heterocycles. The Balaban J connectivity index is 2.35. The highest BCUT2D eigenvalue weighted by Crippen LogP contribution is 2.34. The van der Waals surface area contributed by atoms with E-state index < -0.39 is 0 Å². The molecule has 0 amide bonds. The van der Waals surface area contributed by atoms with E-state index in [1.54, 1.807) is 0 Å². The van der Waals surface area contributed by atoms with Gasteiger partial charge in [-0.05, 0) is 18.2 Å². The number of methoxy groups -OCH3 is 1. The van der Waals surface area contributed by atoms with Gasteiger partial charge >= 0.3 is 0 Å². The third-order valence-corrected chi connectivity index (χ3v) is 3.54. The largest absolute Gasteiger partial charge is 0.491 e. The first kappa shape index (κ1) is 14.8. The Morgan fingerprint density at radius 2 is 2.25 bits per heavy atom. The van der Waals surface area contributed by atoms with Gasteiger partial charge in [0.2, 0.25) is 0 Å². The van der Waals surface area contributed by atoms with E-state index in [1.165, 1.54) is 31.3 Å². The maximum Gasteiger partial charge on any atom is 0.251 e. The van der Waals surface area contributed by atoms with Gasteiger partial charge in [0.25, 0.3) is 5.56 Å². The molecule has 0 saturated carbocycles. The van der Waals surface area contributed by atoms with Gasteiger partial charge in [0.15, 0.2) is 21.1 Å². The van der Waals surface area contributed by atoms with Gasteiger partial charge in [0.1, 0.15) is 6.33 Å². The van der Waals surface area contributed by atoms with Gasteiger partial charge in [-0.3, -0.25) is 4.79 Å². The van der Waals surface area contributed by atoms with Crippen LogP contribution in [-0.2, 0) is 6.42 Å². The van der Waals surface area contributed by atoms with Crippen molar-refractivity contribution in [1.29, 1.82) is 0 Å². The van der Waals surface area contributed by atoms with Crippen LogP contribution in [0.25, 0.3) is 0 Å². The van der Waals surface area contributed by atoms with Crippen LogP contribution in [0, 0.1) is 0 Å². The fraction of sp³-hybridized carbons (Fsp3) is 0.333. The van der Waals surface area contributed by atoms with Crippen molar-refractivity contribution in [3.8, 4) is 5.75 Å². The van der Waals surface area contributed by atoms with Crippen molar-refractivity contribution in [3.63, 3.8) is 0 Å². The summed E-state index contributed by atoms with van der Waals surface area (Å²) < 4.78 is 5.16. The van der Waals surface area contributed by atoms with E-state index in [2.05, 4.69) is 19.9 Å². The van der Waals surface area contributed by atoms with Crippen LogP contribution in [0.15, 0.2) is 27.4 Å². The molecule has 0 aromatic carbocycles. The molecule has 6 nitrogen and oxygen atoms in total. The van der Waals surface area contributed by atoms with Crippen molar-refractivity contribution < 1.29 is 4.74 Å². The summed E-state index contributed by atoms with van der Waals surface area (Å²) in [5.41, 5.74) is 0.558. The molecule has 0 aliphatic heterocycles. The number of hydrogen-bond donors (Lipinski definition) is 1. The molecule has 0 unspecified atom stereocenters. The topological polar surface area (TPSA) is 80.8 Å². The Kier molecular flexibility index (Phi) is 4.97. The van der Waals surface area contributed by atoms with E-state index in [-0.39, 0.29) is 10.7 Å². The summed E-state index contributed by atoms with van der Waals surface area (Å²) in [5.74, 6) is 0.364. The number of ether oxygens (including phenoxy) is 1. The molecular formula is C12H13ClN4O2S. The maximum absolute atomic E-state index is 11.6. The van der Waals surface area contributed by atoms with Gasteiger partial charge in [-0.25, -0.2) is 15.0 Å². The third kappa shape index (κ3) is 3.49. The summed E-state index contributed by atoms with van der Waals surface area (Å²) in [5, 5.41) is 1.18. The molecule has 0 atom stereocenters. The number of nitrogens with one attached hydrogen (secondary N) is 1. The summed E-state index contributed by atoms with van der Waals surface area (Å²) in [7, 11) is 1.48. The standard InChI is InChI=1S/C12H13ClN4O2S/c1-3-4-7-5-8(18)17-12(16-7)20-11-9(19-2)10(13)14-6-15-11/h5-6H,3-4H2,1-2H3,(H,16,17,18). The summed E-state index contributed by atoms with van der Waals surface area (Å²) in [6.45, 7) is 2.03. The average Bonchev–Trinajstić information content (AvgIpc) is 2.38. The van der Waals surface area contributed by atoms with Gasteiger partial charge in [0.05, 0.1) is 7.11 Å². The molecule has 2 rings (SSSR count). The second-order valence-electron chi connectivity index (χ2n) is 3.90. The Bertz CT molecular complexity index is 662. The van der Waals surface area contributed by atoms with Crippen LogP contribution >= 0.6 is 23.4 Å². The highest BCUT2D eigenvalue weighted by Gasteiger charge is 2.13. The molecule has 0 radical (unpaired) electrons. The van der Waals surface area contributed by atoms with E-state index in [0.29, 0.717) is 15.9 Å². The SMILES string of the molecule is CCCc1cc(=O)[nH]c(Sc2ncnc(Cl)c2OC)n1. The van der Waals surface area contributed by atoms with E-state index in [1.807, 2.05) is 6.92 Å². The van der Waals surface area contributed by atoms with E-state index in [9.17, 15) is 4.79 Å². The predicted octanol–water partition coefficient (Wildman–Crippen LogP) is 2.33. The lowest BCUT2D eigenvalue weighted by molar-refractivity contribution is 0.398. The fourth-order valence-electron chi connectivity index (χ4n) is 1.59. The summed E-state index contributed by atoms with van der Waals surface area (Å²) in [6, 6.07) is 1.50. The number of hydrogen-bond acceptors (Lipinski definition) is 6. The molecule has 2 aromatic heterocycles. The second kappa shape index (κ2) is 6.71. The highest BCUT2D eigenvalue weighted by atomic mass is 35.5. The normalized spacial score (nSPS) is 10.6. The van der Waals surface area contributed by atoms with Crippen LogP contribution in [0.2, 0.25) is 5.15 Å². The number of rotatable bonds is 5. The van der Waals surface area contributed by atoms with Crippen molar-refractivity contribution >= 4 is 23.4 Å². The van der Waals surface area contributed by atoms with Crippen molar-refractivity contribution in [1.82, 2.24) is 19.9 Å². The van der Waals surface area contributed by atoms with Crippen molar-refractivity contribution in [3.05, 3.63) is 33.6 Å². The van der Waals surface area contributed by atoms with Gasteiger partial charge in [0, 0.05) is 11.8 Å². The summed E-state index contributed by atoms with van der Waals surface area (Å²) in [6.07, 6.45) is 3.00. The summed E-state index contributed by atoms with van der Waals surface area (Å²) in [4.78, 5) is 26.6. The zero-order chi connectivity index (χ0) is 14.5. The molecule has 0 spiro atoms. The molecular weight excluding hydrogens is 300 g/mol. The molecule has 2 aromatic rings. The molecule has 8 heteroatoms. The van der Waals surface area contributed by atoms with Crippen molar-refractivity contribution in [2.45, 2.75) is 29.9 Å². The first-order valence-electron chi connectivity index (χ1n) is 5.96. The molecule has 0 aliphatic rings. The molecule has 1 N–H and O–H groups in total. The lowest BCUT2D eigenvalue weighted by atomic mass is 10.2. The number of nitrogens with zero attached hydrogens (tertiary/aromatic N) is 3. The lowest BCUT2D eigenvalue weighted by Gasteiger charge is -2.07. The number of aromatic amines is 1. The Morgan fingerprint density at radius 1 is 1.45 bits per heavy atom. The lowest BCUT2D eigenvalue weighted by Crippen LogP contribution is -2.10. The number of H-pyrrole nitrogens is 1. The molecule has 106 valence electrons. The minimum atomic E-state index is -0.190. The Morgan fingerprint density at radius 3 is 2.95 bits per heavy atom. The van der Waals surface area contributed by atoms with Crippen LogP contribution < -0.4 is 10.3 Å². The average molecular weight is 313 g/mol. The van der Waals surface area contributed by atoms with E-state index in [4.69, 9.17) is 16.3 Å². The Hall–Kier alpha value is -1.60. The second-order valence-corrected chi connectivity index (χ2v) is 5.23. The summed E-state index contributed by atoms with van der Waals surface area (Å²) >= 11 is 7.11. The minimum Gasteiger partial charge on any atom is -0.491 e. The van der Waals surface area contributed by atoms with Gasteiger partial charge in [-0.2, -0.15) is 0 Å². The zero-order valence-electron chi connectivity index (χ0n) is 11.0. The molecule has 0 bridgehead atoms. The molecule has 0 aliphatic carbocycles. The van der Waals surface area contributed by atoms with E-state index in [0.717, 1.165) is 18.5 Å². The van der Waals surface area contributed by atoms with Crippen molar-refractivity contribution in [2.75, 3.05) is 7.11 Å². The monoisotopic (exact) mass is 312 g/mol. The maximum atomic E-state index is 11.6. The third-order valence-electron chi connectivity index (χ3n) is 2.40. The number of aromatic nitrogens is 4. The Labute approximate surface area is 125 Å². The first-order chi connectivity index (χ1) is 9.63. The number of aryl methyl sites for hydroxylation is 1.